The van der Waals surface area contributed by atoms with Crippen LogP contribution in [0.4, 0.5) is 4.39 Å². The van der Waals surface area contributed by atoms with Crippen molar-refractivity contribution in [3.8, 4) is 5.75 Å². The van der Waals surface area contributed by atoms with Gasteiger partial charge in [-0.05, 0) is 30.3 Å². The molecule has 0 amide bonds. The number of carbonyl (C=O) groups is 2. The van der Waals surface area contributed by atoms with E-state index in [1.54, 1.807) is 12.1 Å². The number of fused-ring (bicyclic) bond motifs is 1. The van der Waals surface area contributed by atoms with E-state index in [1.165, 1.54) is 19.2 Å². The summed E-state index contributed by atoms with van der Waals surface area (Å²) in [5.74, 6) is -1.78. The lowest BCUT2D eigenvalue weighted by atomic mass is 10.1. The first-order valence-electron chi connectivity index (χ1n) is 7.57. The first-order valence-corrected chi connectivity index (χ1v) is 8.56. The van der Waals surface area contributed by atoms with Crippen molar-refractivity contribution in [1.29, 1.82) is 0 Å². The fourth-order valence-corrected chi connectivity index (χ4v) is 2.78. The number of esters is 1. The Morgan fingerprint density at radius 2 is 2.04 bits per heavy atom. The van der Waals surface area contributed by atoms with Crippen molar-refractivity contribution in [3.63, 3.8) is 0 Å². The van der Waals surface area contributed by atoms with Crippen LogP contribution in [0.1, 0.15) is 10.4 Å². The van der Waals surface area contributed by atoms with Gasteiger partial charge >= 0.3 is 5.97 Å². The van der Waals surface area contributed by atoms with Gasteiger partial charge in [0.1, 0.15) is 11.3 Å². The number of nitrogens with zero attached hydrogens (tertiary/aromatic N) is 1. The molecular formula is C18H14FNO5S. The number of ketones is 1. The van der Waals surface area contributed by atoms with E-state index in [2.05, 4.69) is 4.98 Å². The van der Waals surface area contributed by atoms with Crippen molar-refractivity contribution in [2.24, 2.45) is 0 Å². The normalized spacial score (nSPS) is 10.7. The molecular weight excluding hydrogens is 361 g/mol. The Kier molecular flexibility index (Phi) is 5.52. The molecule has 1 heterocycles. The van der Waals surface area contributed by atoms with Crippen molar-refractivity contribution in [1.82, 2.24) is 4.98 Å². The summed E-state index contributed by atoms with van der Waals surface area (Å²) in [5.41, 5.74) is 1.42. The molecule has 3 aromatic rings. The summed E-state index contributed by atoms with van der Waals surface area (Å²) in [4.78, 5) is 28.0. The van der Waals surface area contributed by atoms with Gasteiger partial charge in [-0.1, -0.05) is 23.9 Å². The van der Waals surface area contributed by atoms with Gasteiger partial charge in [-0.25, -0.2) is 9.37 Å². The summed E-state index contributed by atoms with van der Waals surface area (Å²) in [6, 6.07) is 11.0. The number of thioether (sulfide) groups is 1. The number of carbonyl (C=O) groups excluding carboxylic acids is 2. The Hall–Kier alpha value is -2.87. The van der Waals surface area contributed by atoms with E-state index in [1.807, 2.05) is 12.1 Å². The second-order valence-electron chi connectivity index (χ2n) is 5.17. The standard InChI is InChI=1S/C18H14FNO5S/c1-23-15-7-6-11(8-12(15)19)14(21)9-24-17(22)10-26-18-20-13-4-2-3-5-16(13)25-18/h2-8H,9-10H2,1H3. The molecule has 26 heavy (non-hydrogen) atoms. The minimum absolute atomic E-state index is 0.0354. The molecule has 0 spiro atoms. The summed E-state index contributed by atoms with van der Waals surface area (Å²) in [5, 5.41) is 0.340. The SMILES string of the molecule is COc1ccc(C(=O)COC(=O)CSc2nc3ccccc3o2)cc1F. The zero-order valence-corrected chi connectivity index (χ0v) is 14.5. The molecule has 0 aliphatic rings. The maximum absolute atomic E-state index is 13.6. The van der Waals surface area contributed by atoms with Crippen LogP contribution in [0.5, 0.6) is 5.75 Å². The number of Topliss-reactive ketones (excluding diaryl/α,β-unsaturated/α-hetero) is 1. The summed E-state index contributed by atoms with van der Waals surface area (Å²) in [6.07, 6.45) is 0. The van der Waals surface area contributed by atoms with Crippen LogP contribution in [0.25, 0.3) is 11.1 Å². The highest BCUT2D eigenvalue weighted by Gasteiger charge is 2.14. The fourth-order valence-electron chi connectivity index (χ4n) is 2.14. The highest BCUT2D eigenvalue weighted by Crippen LogP contribution is 2.23. The third kappa shape index (κ3) is 4.20. The third-order valence-corrected chi connectivity index (χ3v) is 4.23. The van der Waals surface area contributed by atoms with E-state index >= 15 is 0 Å². The predicted molar refractivity (Wildman–Crippen MR) is 93.0 cm³/mol. The summed E-state index contributed by atoms with van der Waals surface area (Å²) in [7, 11) is 1.33. The average molecular weight is 375 g/mol. The van der Waals surface area contributed by atoms with Crippen molar-refractivity contribution in [3.05, 3.63) is 53.8 Å². The van der Waals surface area contributed by atoms with E-state index in [-0.39, 0.29) is 17.1 Å². The van der Waals surface area contributed by atoms with Gasteiger partial charge in [-0.3, -0.25) is 9.59 Å². The molecule has 0 saturated carbocycles. The second-order valence-corrected chi connectivity index (χ2v) is 6.10. The van der Waals surface area contributed by atoms with E-state index < -0.39 is 24.2 Å². The Morgan fingerprint density at radius 3 is 2.77 bits per heavy atom. The zero-order valence-electron chi connectivity index (χ0n) is 13.7. The highest BCUT2D eigenvalue weighted by molar-refractivity contribution is 7.99. The molecule has 0 N–H and O–H groups in total. The van der Waals surface area contributed by atoms with Gasteiger partial charge in [-0.15, -0.1) is 0 Å². The lowest BCUT2D eigenvalue weighted by Crippen LogP contribution is -2.15. The lowest BCUT2D eigenvalue weighted by molar-refractivity contribution is -0.139. The molecule has 8 heteroatoms. The molecule has 3 rings (SSSR count). The molecule has 134 valence electrons. The molecule has 0 unspecified atom stereocenters. The monoisotopic (exact) mass is 375 g/mol. The third-order valence-electron chi connectivity index (χ3n) is 3.43. The highest BCUT2D eigenvalue weighted by atomic mass is 32.2. The Labute approximate surface area is 152 Å². The largest absolute Gasteiger partial charge is 0.494 e. The van der Waals surface area contributed by atoms with Crippen molar-refractivity contribution >= 4 is 34.6 Å². The number of halogens is 1. The number of hydrogen-bond donors (Lipinski definition) is 0. The molecule has 0 radical (unpaired) electrons. The number of aromatic nitrogens is 1. The maximum atomic E-state index is 13.6. The van der Waals surface area contributed by atoms with E-state index in [4.69, 9.17) is 13.9 Å². The summed E-state index contributed by atoms with van der Waals surface area (Å²) >= 11 is 1.07. The first kappa shape index (κ1) is 17.9. The predicted octanol–water partition coefficient (Wildman–Crippen LogP) is 3.49. The van der Waals surface area contributed by atoms with Gasteiger partial charge in [0.25, 0.3) is 5.22 Å². The maximum Gasteiger partial charge on any atom is 0.316 e. The van der Waals surface area contributed by atoms with E-state index in [9.17, 15) is 14.0 Å². The van der Waals surface area contributed by atoms with Crippen LogP contribution >= 0.6 is 11.8 Å². The summed E-state index contributed by atoms with van der Waals surface area (Å²) in [6.45, 7) is -0.473. The van der Waals surface area contributed by atoms with Crippen LogP contribution in [0, 0.1) is 5.82 Å². The molecule has 1 aromatic heterocycles. The van der Waals surface area contributed by atoms with Gasteiger partial charge in [0.15, 0.2) is 29.5 Å². The minimum atomic E-state index is -0.656. The molecule has 0 bridgehead atoms. The van der Waals surface area contributed by atoms with Crippen LogP contribution in [0.15, 0.2) is 52.1 Å². The Bertz CT molecular complexity index is 923. The van der Waals surface area contributed by atoms with Gasteiger partial charge in [-0.2, -0.15) is 0 Å². The number of rotatable bonds is 7. The summed E-state index contributed by atoms with van der Waals surface area (Å²) < 4.78 is 28.8. The van der Waals surface area contributed by atoms with Gasteiger partial charge < -0.3 is 13.9 Å². The lowest BCUT2D eigenvalue weighted by Gasteiger charge is -2.05. The second kappa shape index (κ2) is 8.01. The van der Waals surface area contributed by atoms with Crippen LogP contribution in [-0.4, -0.2) is 36.2 Å². The molecule has 0 aliphatic heterocycles. The number of hydrogen-bond acceptors (Lipinski definition) is 7. The number of benzene rings is 2. The van der Waals surface area contributed by atoms with Crippen molar-refractivity contribution in [2.45, 2.75) is 5.22 Å². The van der Waals surface area contributed by atoms with E-state index in [0.29, 0.717) is 16.3 Å². The van der Waals surface area contributed by atoms with Gasteiger partial charge in [0.2, 0.25) is 0 Å². The van der Waals surface area contributed by atoms with Gasteiger partial charge in [0, 0.05) is 5.56 Å². The molecule has 6 nitrogen and oxygen atoms in total. The number of ether oxygens (including phenoxy) is 2. The molecule has 0 saturated heterocycles. The molecule has 0 aliphatic carbocycles. The minimum Gasteiger partial charge on any atom is -0.494 e. The van der Waals surface area contributed by atoms with Crippen molar-refractivity contribution in [2.75, 3.05) is 19.5 Å². The topological polar surface area (TPSA) is 78.6 Å². The van der Waals surface area contributed by atoms with Crippen LogP contribution in [0.3, 0.4) is 0 Å². The van der Waals surface area contributed by atoms with E-state index in [0.717, 1.165) is 17.8 Å². The van der Waals surface area contributed by atoms with Crippen molar-refractivity contribution < 1.29 is 27.9 Å². The van der Waals surface area contributed by atoms with Gasteiger partial charge in [0.05, 0.1) is 7.11 Å². The Morgan fingerprint density at radius 1 is 1.23 bits per heavy atom. The molecule has 0 fully saturated rings. The number of oxazole rings is 1. The average Bonchev–Trinajstić information content (AvgIpc) is 3.07. The van der Waals surface area contributed by atoms with Crippen LogP contribution in [-0.2, 0) is 9.53 Å². The number of methoxy groups -OCH3 is 1. The molecule has 2 aromatic carbocycles. The number of para-hydroxylation sites is 2. The fraction of sp³-hybridized carbons (Fsp3) is 0.167. The quantitative estimate of drug-likeness (QED) is 0.355. The molecule has 0 atom stereocenters. The first-order chi connectivity index (χ1) is 12.6. The van der Waals surface area contributed by atoms with Crippen LogP contribution in [0.2, 0.25) is 0 Å². The zero-order chi connectivity index (χ0) is 18.5. The smallest absolute Gasteiger partial charge is 0.316 e. The Balaban J connectivity index is 1.50. The van der Waals surface area contributed by atoms with Crippen LogP contribution < -0.4 is 4.74 Å².